The van der Waals surface area contributed by atoms with Crippen molar-refractivity contribution in [3.05, 3.63) is 18.0 Å². The molecule has 5 heteroatoms. The number of hydrogen-bond donors (Lipinski definition) is 2. The van der Waals surface area contributed by atoms with E-state index in [4.69, 9.17) is 15.5 Å². The average Bonchev–Trinajstić information content (AvgIpc) is 2.53. The van der Waals surface area contributed by atoms with Gasteiger partial charge >= 0.3 is 0 Å². The van der Waals surface area contributed by atoms with Gasteiger partial charge in [-0.1, -0.05) is 5.16 Å². The molecule has 0 radical (unpaired) electrons. The molecule has 0 saturated carbocycles. The Balaban J connectivity index is 2.71. The van der Waals surface area contributed by atoms with E-state index in [9.17, 15) is 0 Å². The molecule has 2 atom stereocenters. The van der Waals surface area contributed by atoms with Gasteiger partial charge in [-0.05, 0) is 0 Å². The van der Waals surface area contributed by atoms with Crippen molar-refractivity contribution in [1.82, 2.24) is 5.16 Å². The van der Waals surface area contributed by atoms with Crippen LogP contribution in [0.3, 0.4) is 0 Å². The summed E-state index contributed by atoms with van der Waals surface area (Å²) in [4.78, 5) is 0. The highest BCUT2D eigenvalue weighted by atomic mass is 16.5. The standard InChI is InChI=1S/C6H6N2O3/c7-1-5(9)6(10)4-2-8-11-3-4/h2-3,5-6,9-10H. The highest BCUT2D eigenvalue weighted by Crippen LogP contribution is 2.14. The van der Waals surface area contributed by atoms with Gasteiger partial charge in [-0.2, -0.15) is 5.26 Å². The Kier molecular flexibility index (Phi) is 2.21. The summed E-state index contributed by atoms with van der Waals surface area (Å²) in [5, 5.41) is 29.4. The fraction of sp³-hybridized carbons (Fsp3) is 0.333. The predicted molar refractivity (Wildman–Crippen MR) is 33.1 cm³/mol. The SMILES string of the molecule is N#CC(O)C(O)c1cnoc1. The molecule has 0 bridgehead atoms. The van der Waals surface area contributed by atoms with E-state index in [1.54, 1.807) is 0 Å². The van der Waals surface area contributed by atoms with Gasteiger partial charge in [-0.3, -0.25) is 0 Å². The summed E-state index contributed by atoms with van der Waals surface area (Å²) in [5.41, 5.74) is 0.291. The molecule has 1 aromatic rings. The van der Waals surface area contributed by atoms with Crippen molar-refractivity contribution < 1.29 is 14.7 Å². The Morgan fingerprint density at radius 1 is 1.64 bits per heavy atom. The topological polar surface area (TPSA) is 90.3 Å². The summed E-state index contributed by atoms with van der Waals surface area (Å²) in [6.45, 7) is 0. The minimum Gasteiger partial charge on any atom is -0.384 e. The molecule has 2 unspecified atom stereocenters. The van der Waals surface area contributed by atoms with Gasteiger partial charge in [-0.25, -0.2) is 0 Å². The number of aromatic nitrogens is 1. The first-order chi connectivity index (χ1) is 5.25. The van der Waals surface area contributed by atoms with Gasteiger partial charge in [0.25, 0.3) is 0 Å². The third-order valence-electron chi connectivity index (χ3n) is 1.22. The van der Waals surface area contributed by atoms with Crippen LogP contribution < -0.4 is 0 Å². The second-order valence-corrected chi connectivity index (χ2v) is 1.98. The van der Waals surface area contributed by atoms with E-state index < -0.39 is 12.2 Å². The van der Waals surface area contributed by atoms with Crippen LogP contribution in [0.2, 0.25) is 0 Å². The highest BCUT2D eigenvalue weighted by Gasteiger charge is 2.18. The smallest absolute Gasteiger partial charge is 0.170 e. The van der Waals surface area contributed by atoms with Crippen molar-refractivity contribution in [2.45, 2.75) is 12.2 Å². The summed E-state index contributed by atoms with van der Waals surface area (Å²) in [6.07, 6.45) is -0.267. The Bertz CT molecular complexity index is 251. The number of hydrogen-bond acceptors (Lipinski definition) is 5. The maximum Gasteiger partial charge on any atom is 0.170 e. The predicted octanol–water partition coefficient (Wildman–Crippen LogP) is -0.408. The van der Waals surface area contributed by atoms with Gasteiger partial charge in [0.05, 0.1) is 12.3 Å². The third-order valence-corrected chi connectivity index (χ3v) is 1.22. The molecule has 0 spiro atoms. The second-order valence-electron chi connectivity index (χ2n) is 1.98. The number of aliphatic hydroxyl groups excluding tert-OH is 2. The van der Waals surface area contributed by atoms with Crippen LogP contribution in [0.15, 0.2) is 17.0 Å². The van der Waals surface area contributed by atoms with E-state index in [0.29, 0.717) is 5.56 Å². The largest absolute Gasteiger partial charge is 0.384 e. The van der Waals surface area contributed by atoms with E-state index in [0.717, 1.165) is 0 Å². The molecule has 0 aliphatic carbocycles. The van der Waals surface area contributed by atoms with Crippen LogP contribution in [0.4, 0.5) is 0 Å². The van der Waals surface area contributed by atoms with E-state index in [1.807, 2.05) is 0 Å². The minimum absolute atomic E-state index is 0.291. The van der Waals surface area contributed by atoms with E-state index in [-0.39, 0.29) is 0 Å². The van der Waals surface area contributed by atoms with Crippen molar-refractivity contribution in [2.24, 2.45) is 0 Å². The number of aliphatic hydroxyl groups is 2. The first-order valence-corrected chi connectivity index (χ1v) is 2.90. The monoisotopic (exact) mass is 154 g/mol. The van der Waals surface area contributed by atoms with Crippen LogP contribution in [-0.2, 0) is 0 Å². The molecule has 58 valence electrons. The molecule has 0 fully saturated rings. The van der Waals surface area contributed by atoms with Gasteiger partial charge < -0.3 is 14.7 Å². The maximum atomic E-state index is 9.11. The first-order valence-electron chi connectivity index (χ1n) is 2.90. The summed E-state index contributed by atoms with van der Waals surface area (Å²) in [6, 6.07) is 1.49. The maximum absolute atomic E-state index is 9.11. The molecule has 2 N–H and O–H groups in total. The van der Waals surface area contributed by atoms with Crippen LogP contribution in [0.1, 0.15) is 11.7 Å². The lowest BCUT2D eigenvalue weighted by Crippen LogP contribution is -2.14. The van der Waals surface area contributed by atoms with E-state index in [1.165, 1.54) is 18.5 Å². The fourth-order valence-corrected chi connectivity index (χ4v) is 0.612. The molecule has 0 aromatic carbocycles. The van der Waals surface area contributed by atoms with Gasteiger partial charge in [-0.15, -0.1) is 0 Å². The van der Waals surface area contributed by atoms with Gasteiger partial charge in [0, 0.05) is 5.56 Å². The van der Waals surface area contributed by atoms with Crippen LogP contribution in [0.5, 0.6) is 0 Å². The zero-order chi connectivity index (χ0) is 8.27. The summed E-state index contributed by atoms with van der Waals surface area (Å²) >= 11 is 0. The molecule has 5 nitrogen and oxygen atoms in total. The Hall–Kier alpha value is -1.38. The number of rotatable bonds is 2. The molecular weight excluding hydrogens is 148 g/mol. The zero-order valence-corrected chi connectivity index (χ0v) is 5.51. The minimum atomic E-state index is -1.44. The molecule has 11 heavy (non-hydrogen) atoms. The summed E-state index contributed by atoms with van der Waals surface area (Å²) in [7, 11) is 0. The lowest BCUT2D eigenvalue weighted by Gasteiger charge is -2.06. The normalized spacial score (nSPS) is 15.4. The Labute approximate surface area is 62.5 Å². The van der Waals surface area contributed by atoms with Crippen molar-refractivity contribution >= 4 is 0 Å². The highest BCUT2D eigenvalue weighted by molar-refractivity contribution is 5.10. The molecule has 0 aliphatic heterocycles. The molecule has 1 rings (SSSR count). The molecule has 0 amide bonds. The molecular formula is C6H6N2O3. The molecule has 0 aliphatic rings. The van der Waals surface area contributed by atoms with Crippen LogP contribution in [-0.4, -0.2) is 21.5 Å². The number of nitriles is 1. The van der Waals surface area contributed by atoms with Crippen LogP contribution in [0.25, 0.3) is 0 Å². The van der Waals surface area contributed by atoms with Gasteiger partial charge in [0.15, 0.2) is 6.10 Å². The first kappa shape index (κ1) is 7.72. The lowest BCUT2D eigenvalue weighted by molar-refractivity contribution is 0.0524. The molecule has 1 heterocycles. The number of nitrogens with zero attached hydrogens (tertiary/aromatic N) is 2. The Morgan fingerprint density at radius 3 is 2.82 bits per heavy atom. The van der Waals surface area contributed by atoms with Crippen LogP contribution >= 0.6 is 0 Å². The molecule has 0 saturated heterocycles. The van der Waals surface area contributed by atoms with Gasteiger partial charge in [0.1, 0.15) is 12.4 Å². The van der Waals surface area contributed by atoms with Gasteiger partial charge in [0.2, 0.25) is 0 Å². The second kappa shape index (κ2) is 3.14. The van der Waals surface area contributed by atoms with E-state index in [2.05, 4.69) is 9.68 Å². The van der Waals surface area contributed by atoms with Crippen molar-refractivity contribution in [3.63, 3.8) is 0 Å². The summed E-state index contributed by atoms with van der Waals surface area (Å²) in [5.74, 6) is 0. The average molecular weight is 154 g/mol. The van der Waals surface area contributed by atoms with Crippen molar-refractivity contribution in [2.75, 3.05) is 0 Å². The Morgan fingerprint density at radius 2 is 2.36 bits per heavy atom. The molecule has 1 aromatic heterocycles. The summed E-state index contributed by atoms with van der Waals surface area (Å²) < 4.78 is 4.40. The lowest BCUT2D eigenvalue weighted by atomic mass is 10.1. The zero-order valence-electron chi connectivity index (χ0n) is 5.51. The van der Waals surface area contributed by atoms with Crippen molar-refractivity contribution in [3.8, 4) is 6.07 Å². The van der Waals surface area contributed by atoms with Crippen molar-refractivity contribution in [1.29, 1.82) is 5.26 Å². The fourth-order valence-electron chi connectivity index (χ4n) is 0.612. The van der Waals surface area contributed by atoms with E-state index >= 15 is 0 Å². The quantitative estimate of drug-likeness (QED) is 0.565. The third kappa shape index (κ3) is 1.55. The van der Waals surface area contributed by atoms with Crippen LogP contribution in [0, 0.1) is 11.3 Å².